The maximum atomic E-state index is 11.0. The van der Waals surface area contributed by atoms with Crippen LogP contribution in [-0.4, -0.2) is 72.5 Å². The van der Waals surface area contributed by atoms with Crippen LogP contribution in [0, 0.1) is 0 Å². The number of carbonyl (C=O) groups is 1. The van der Waals surface area contributed by atoms with Crippen molar-refractivity contribution in [2.45, 2.75) is 6.92 Å². The molecule has 7 nitrogen and oxygen atoms in total. The molecule has 7 heteroatoms. The van der Waals surface area contributed by atoms with Crippen molar-refractivity contribution in [3.63, 3.8) is 0 Å². The van der Waals surface area contributed by atoms with Crippen LogP contribution in [0.5, 0.6) is 0 Å². The third kappa shape index (κ3) is 15.1. The number of amides is 2. The van der Waals surface area contributed by atoms with Crippen LogP contribution in [0.4, 0.5) is 4.79 Å². The number of hydrogen-bond acceptors (Lipinski definition) is 5. The molecule has 0 fully saturated rings. The summed E-state index contributed by atoms with van der Waals surface area (Å²) in [5.74, 6) is 0. The highest BCUT2D eigenvalue weighted by Gasteiger charge is 1.96. The van der Waals surface area contributed by atoms with E-state index in [0.717, 1.165) is 0 Å². The Bertz CT molecular complexity index is 214. The molecule has 19 heavy (non-hydrogen) atoms. The van der Waals surface area contributed by atoms with Gasteiger partial charge in [-0.3, -0.25) is 0 Å². The Morgan fingerprint density at radius 1 is 0.895 bits per heavy atom. The molecule has 0 aliphatic heterocycles. The van der Waals surface area contributed by atoms with Crippen LogP contribution in [0.3, 0.4) is 0 Å². The van der Waals surface area contributed by atoms with Gasteiger partial charge in [0.25, 0.3) is 0 Å². The zero-order chi connectivity index (χ0) is 14.2. The predicted molar refractivity (Wildman–Crippen MR) is 75.6 cm³/mol. The van der Waals surface area contributed by atoms with Crippen molar-refractivity contribution in [1.82, 2.24) is 10.6 Å². The quantitative estimate of drug-likeness (QED) is 0.481. The van der Waals surface area contributed by atoms with Crippen molar-refractivity contribution in [3.8, 4) is 0 Å². The highest BCUT2D eigenvalue weighted by atomic mass is 16.6. The normalized spacial score (nSPS) is 10.4. The van der Waals surface area contributed by atoms with Crippen LogP contribution >= 0.6 is 0 Å². The molecule has 118 valence electrons. The number of ether oxygens (including phenoxy) is 4. The summed E-state index contributed by atoms with van der Waals surface area (Å²) in [5, 5.41) is 5.30. The minimum Gasteiger partial charge on any atom is -0.382 e. The molecule has 0 aliphatic carbocycles. The van der Waals surface area contributed by atoms with Crippen LogP contribution in [0.25, 0.3) is 0 Å². The SMILES string of the molecule is CCNC(=O)NCCOCCOCCOCCOC.[HH].[HH]. The summed E-state index contributed by atoms with van der Waals surface area (Å²) in [6.07, 6.45) is 0. The molecule has 2 N–H and O–H groups in total. The van der Waals surface area contributed by atoms with Crippen molar-refractivity contribution in [1.29, 1.82) is 0 Å². The van der Waals surface area contributed by atoms with Gasteiger partial charge in [0.1, 0.15) is 0 Å². The number of methoxy groups -OCH3 is 1. The van der Waals surface area contributed by atoms with Crippen molar-refractivity contribution in [3.05, 3.63) is 0 Å². The van der Waals surface area contributed by atoms with Crippen molar-refractivity contribution < 1.29 is 26.6 Å². The molecule has 0 heterocycles. The largest absolute Gasteiger partial charge is 0.382 e. The van der Waals surface area contributed by atoms with Gasteiger partial charge in [-0.2, -0.15) is 0 Å². The summed E-state index contributed by atoms with van der Waals surface area (Å²) < 4.78 is 20.6. The number of hydrogen-bond donors (Lipinski definition) is 2. The van der Waals surface area contributed by atoms with Gasteiger partial charge in [0.2, 0.25) is 0 Å². The second-order valence-corrected chi connectivity index (χ2v) is 3.62. The summed E-state index contributed by atoms with van der Waals surface area (Å²) in [5.41, 5.74) is 0. The monoisotopic (exact) mass is 282 g/mol. The Kier molecular flexibility index (Phi) is 14.5. The molecule has 0 aromatic rings. The fraction of sp³-hybridized carbons (Fsp3) is 0.917. The van der Waals surface area contributed by atoms with Crippen molar-refractivity contribution in [2.75, 3.05) is 66.4 Å². The summed E-state index contributed by atoms with van der Waals surface area (Å²) in [6, 6.07) is -0.171. The topological polar surface area (TPSA) is 78.1 Å². The van der Waals surface area contributed by atoms with Crippen LogP contribution < -0.4 is 10.6 Å². The molecule has 0 saturated carbocycles. The zero-order valence-electron chi connectivity index (χ0n) is 11.9. The first-order valence-electron chi connectivity index (χ1n) is 6.55. The fourth-order valence-electron chi connectivity index (χ4n) is 1.14. The minimum absolute atomic E-state index is 0. The van der Waals surface area contributed by atoms with Crippen molar-refractivity contribution in [2.24, 2.45) is 0 Å². The predicted octanol–water partition coefficient (Wildman–Crippen LogP) is 0.494. The lowest BCUT2D eigenvalue weighted by Gasteiger charge is -2.07. The van der Waals surface area contributed by atoms with E-state index in [-0.39, 0.29) is 8.88 Å². The maximum Gasteiger partial charge on any atom is 0.314 e. The Labute approximate surface area is 117 Å². The van der Waals surface area contributed by atoms with Crippen molar-refractivity contribution >= 4 is 6.03 Å². The second kappa shape index (κ2) is 15.2. The minimum atomic E-state index is -0.171. The van der Waals surface area contributed by atoms with Crippen LogP contribution in [0.1, 0.15) is 9.78 Å². The van der Waals surface area contributed by atoms with Crippen LogP contribution in [0.15, 0.2) is 0 Å². The van der Waals surface area contributed by atoms with Gasteiger partial charge >= 0.3 is 6.03 Å². The van der Waals surface area contributed by atoms with Crippen LogP contribution in [-0.2, 0) is 18.9 Å². The van der Waals surface area contributed by atoms with Gasteiger partial charge in [-0.1, -0.05) is 0 Å². The van der Waals surface area contributed by atoms with E-state index in [4.69, 9.17) is 18.9 Å². The van der Waals surface area contributed by atoms with Gasteiger partial charge in [-0.15, -0.1) is 0 Å². The first-order chi connectivity index (χ1) is 9.31. The average Bonchev–Trinajstić information content (AvgIpc) is 2.40. The van der Waals surface area contributed by atoms with E-state index in [2.05, 4.69) is 10.6 Å². The van der Waals surface area contributed by atoms with E-state index in [9.17, 15) is 4.79 Å². The summed E-state index contributed by atoms with van der Waals surface area (Å²) in [4.78, 5) is 11.0. The molecular weight excluding hydrogens is 252 g/mol. The molecule has 0 saturated heterocycles. The molecule has 0 atom stereocenters. The first kappa shape index (κ1) is 18.1. The third-order valence-electron chi connectivity index (χ3n) is 2.05. The first-order valence-corrected chi connectivity index (χ1v) is 6.55. The maximum absolute atomic E-state index is 11.0. The molecule has 0 aromatic heterocycles. The van der Waals surface area contributed by atoms with E-state index in [1.165, 1.54) is 0 Å². The summed E-state index contributed by atoms with van der Waals surface area (Å²) >= 11 is 0. The summed E-state index contributed by atoms with van der Waals surface area (Å²) in [6.45, 7) is 6.77. The number of rotatable bonds is 13. The standard InChI is InChI=1S/C12H26N2O5.2H2/c1-3-13-12(15)14-4-5-17-8-9-19-11-10-18-7-6-16-2;;/h3-11H2,1-2H3,(H2,13,14,15);2*1H. The van der Waals surface area contributed by atoms with E-state index < -0.39 is 0 Å². The van der Waals surface area contributed by atoms with Gasteiger partial charge in [-0.05, 0) is 6.92 Å². The molecule has 2 amide bonds. The molecule has 0 bridgehead atoms. The second-order valence-electron chi connectivity index (χ2n) is 3.62. The highest BCUT2D eigenvalue weighted by Crippen LogP contribution is 1.81. The van der Waals surface area contributed by atoms with E-state index in [1.807, 2.05) is 6.92 Å². The lowest BCUT2D eigenvalue weighted by molar-refractivity contribution is 0.00428. The fourth-order valence-corrected chi connectivity index (χ4v) is 1.14. The lowest BCUT2D eigenvalue weighted by Crippen LogP contribution is -2.37. The zero-order valence-corrected chi connectivity index (χ0v) is 11.9. The van der Waals surface area contributed by atoms with Gasteiger partial charge in [0.05, 0.1) is 46.2 Å². The van der Waals surface area contributed by atoms with Gasteiger partial charge < -0.3 is 29.6 Å². The molecule has 0 rings (SSSR count). The van der Waals surface area contributed by atoms with E-state index >= 15 is 0 Å². The van der Waals surface area contributed by atoms with Gasteiger partial charge in [-0.25, -0.2) is 4.79 Å². The average molecular weight is 282 g/mol. The number of carbonyl (C=O) groups excluding carboxylic acids is 1. The molecule has 0 spiro atoms. The number of urea groups is 1. The molecule has 0 aliphatic rings. The Morgan fingerprint density at radius 3 is 1.95 bits per heavy atom. The smallest absolute Gasteiger partial charge is 0.314 e. The Balaban J connectivity index is -0.00000162. The highest BCUT2D eigenvalue weighted by molar-refractivity contribution is 5.73. The van der Waals surface area contributed by atoms with Gasteiger partial charge in [0.15, 0.2) is 0 Å². The number of nitrogens with one attached hydrogen (secondary N) is 2. The van der Waals surface area contributed by atoms with Gasteiger partial charge in [0, 0.05) is 23.1 Å². The molecular formula is C12H30N2O5. The third-order valence-corrected chi connectivity index (χ3v) is 2.05. The molecule has 0 aromatic carbocycles. The lowest BCUT2D eigenvalue weighted by atomic mass is 10.6. The van der Waals surface area contributed by atoms with E-state index in [1.54, 1.807) is 7.11 Å². The van der Waals surface area contributed by atoms with Crippen LogP contribution in [0.2, 0.25) is 0 Å². The Hall–Kier alpha value is -0.890. The Morgan fingerprint density at radius 2 is 1.42 bits per heavy atom. The summed E-state index contributed by atoms with van der Waals surface area (Å²) in [7, 11) is 1.64. The molecule has 0 unspecified atom stereocenters. The van der Waals surface area contributed by atoms with E-state index in [0.29, 0.717) is 59.3 Å². The molecule has 0 radical (unpaired) electrons.